The van der Waals surface area contributed by atoms with Gasteiger partial charge in [-0.2, -0.15) is 4.98 Å². The maximum absolute atomic E-state index is 11.2. The third kappa shape index (κ3) is 2.78. The van der Waals surface area contributed by atoms with Gasteiger partial charge in [0.15, 0.2) is 0 Å². The van der Waals surface area contributed by atoms with Crippen LogP contribution in [0.1, 0.15) is 18.6 Å². The van der Waals surface area contributed by atoms with Crippen molar-refractivity contribution in [1.82, 2.24) is 9.97 Å². The van der Waals surface area contributed by atoms with Crippen LogP contribution in [0.15, 0.2) is 29.0 Å². The van der Waals surface area contributed by atoms with Crippen molar-refractivity contribution >= 4 is 17.5 Å². The summed E-state index contributed by atoms with van der Waals surface area (Å²) in [6.45, 7) is 0.457. The molecule has 0 radical (unpaired) electrons. The van der Waals surface area contributed by atoms with Crippen molar-refractivity contribution in [2.45, 2.75) is 25.4 Å². The molecular formula is C13H15N5O3. The Kier molecular flexibility index (Phi) is 3.43. The van der Waals surface area contributed by atoms with Gasteiger partial charge in [0.25, 0.3) is 0 Å². The number of nitro groups is 1. The number of hydrogen-bond donors (Lipinski definition) is 1. The zero-order chi connectivity index (χ0) is 14.8. The lowest BCUT2D eigenvalue weighted by Gasteiger charge is -2.22. The topological polar surface area (TPSA) is 97.3 Å². The number of aromatic nitrogens is 2. The largest absolute Gasteiger partial charge is 0.467 e. The second kappa shape index (κ2) is 5.39. The fourth-order valence-corrected chi connectivity index (χ4v) is 2.16. The summed E-state index contributed by atoms with van der Waals surface area (Å²) < 4.78 is 5.35. The molecule has 2 aromatic rings. The van der Waals surface area contributed by atoms with E-state index >= 15 is 0 Å². The molecule has 0 aliphatic heterocycles. The minimum absolute atomic E-state index is 0.0903. The molecule has 1 aliphatic carbocycles. The first-order valence-electron chi connectivity index (χ1n) is 6.67. The zero-order valence-electron chi connectivity index (χ0n) is 11.5. The lowest BCUT2D eigenvalue weighted by atomic mass is 10.3. The van der Waals surface area contributed by atoms with Gasteiger partial charge in [0.2, 0.25) is 11.8 Å². The highest BCUT2D eigenvalue weighted by Crippen LogP contribution is 2.36. The molecule has 8 heteroatoms. The van der Waals surface area contributed by atoms with Crippen LogP contribution < -0.4 is 10.2 Å². The summed E-state index contributed by atoms with van der Waals surface area (Å²) in [5.74, 6) is 1.44. The molecule has 1 aliphatic rings. The quantitative estimate of drug-likeness (QED) is 0.643. The molecule has 21 heavy (non-hydrogen) atoms. The molecule has 0 spiro atoms. The van der Waals surface area contributed by atoms with Crippen LogP contribution in [0.3, 0.4) is 0 Å². The van der Waals surface area contributed by atoms with Crippen LogP contribution in [0.2, 0.25) is 0 Å². The number of rotatable bonds is 6. The van der Waals surface area contributed by atoms with Gasteiger partial charge in [0, 0.05) is 13.1 Å². The van der Waals surface area contributed by atoms with Gasteiger partial charge in [-0.05, 0) is 25.0 Å². The highest BCUT2D eigenvalue weighted by Gasteiger charge is 2.35. The lowest BCUT2D eigenvalue weighted by molar-refractivity contribution is -0.384. The molecule has 3 rings (SSSR count). The summed E-state index contributed by atoms with van der Waals surface area (Å²) in [4.78, 5) is 20.9. The van der Waals surface area contributed by atoms with Gasteiger partial charge >= 0.3 is 5.69 Å². The van der Waals surface area contributed by atoms with Gasteiger partial charge in [0.1, 0.15) is 12.0 Å². The molecule has 1 fully saturated rings. The van der Waals surface area contributed by atoms with E-state index in [0.29, 0.717) is 18.3 Å². The minimum Gasteiger partial charge on any atom is -0.467 e. The first kappa shape index (κ1) is 13.3. The number of hydrogen-bond acceptors (Lipinski definition) is 7. The lowest BCUT2D eigenvalue weighted by Crippen LogP contribution is -2.27. The standard InChI is InChI=1S/C13H15N5O3/c1-14-13-15-7-11(18(19)20)12(16-13)17(9-4-5-9)8-10-3-2-6-21-10/h2-3,6-7,9H,4-5,8H2,1H3,(H,14,15,16). The SMILES string of the molecule is CNc1ncc([N+](=O)[O-])c(N(Cc2ccco2)C2CC2)n1. The molecular weight excluding hydrogens is 274 g/mol. The van der Waals surface area contributed by atoms with E-state index in [1.165, 1.54) is 6.20 Å². The molecule has 1 saturated carbocycles. The van der Waals surface area contributed by atoms with Crippen molar-refractivity contribution in [1.29, 1.82) is 0 Å². The second-order valence-electron chi connectivity index (χ2n) is 4.85. The molecule has 0 unspecified atom stereocenters. The molecule has 0 amide bonds. The molecule has 1 N–H and O–H groups in total. The Hall–Kier alpha value is -2.64. The second-order valence-corrected chi connectivity index (χ2v) is 4.85. The number of nitrogens with one attached hydrogen (secondary N) is 1. The van der Waals surface area contributed by atoms with Crippen LogP contribution >= 0.6 is 0 Å². The summed E-state index contributed by atoms with van der Waals surface area (Å²) in [5, 5.41) is 14.0. The fraction of sp³-hybridized carbons (Fsp3) is 0.385. The highest BCUT2D eigenvalue weighted by molar-refractivity contribution is 5.60. The predicted octanol–water partition coefficient (Wildman–Crippen LogP) is 2.19. The Morgan fingerprint density at radius 1 is 1.57 bits per heavy atom. The summed E-state index contributed by atoms with van der Waals surface area (Å²) in [6, 6.07) is 3.91. The molecule has 0 saturated heterocycles. The summed E-state index contributed by atoms with van der Waals surface area (Å²) >= 11 is 0. The van der Waals surface area contributed by atoms with Gasteiger partial charge in [-0.15, -0.1) is 0 Å². The molecule has 2 aromatic heterocycles. The average Bonchev–Trinajstić information content (AvgIpc) is 3.20. The van der Waals surface area contributed by atoms with Crippen molar-refractivity contribution in [2.75, 3.05) is 17.3 Å². The van der Waals surface area contributed by atoms with Crippen LogP contribution in [-0.2, 0) is 6.54 Å². The summed E-state index contributed by atoms with van der Waals surface area (Å²) in [7, 11) is 1.68. The van der Waals surface area contributed by atoms with Crippen LogP contribution in [0, 0.1) is 10.1 Å². The molecule has 0 atom stereocenters. The van der Waals surface area contributed by atoms with E-state index in [1.54, 1.807) is 19.4 Å². The smallest absolute Gasteiger partial charge is 0.329 e. The Labute approximate surface area is 121 Å². The third-order valence-corrected chi connectivity index (χ3v) is 3.34. The van der Waals surface area contributed by atoms with Crippen molar-refractivity contribution in [2.24, 2.45) is 0 Å². The Balaban J connectivity index is 1.99. The highest BCUT2D eigenvalue weighted by atomic mass is 16.6. The van der Waals surface area contributed by atoms with Crippen LogP contribution in [-0.4, -0.2) is 28.0 Å². The fourth-order valence-electron chi connectivity index (χ4n) is 2.16. The molecule has 0 aromatic carbocycles. The summed E-state index contributed by atoms with van der Waals surface area (Å²) in [5.41, 5.74) is -0.0903. The molecule has 2 heterocycles. The van der Waals surface area contributed by atoms with Crippen molar-refractivity contribution in [3.8, 4) is 0 Å². The minimum atomic E-state index is -0.452. The number of furan rings is 1. The van der Waals surface area contributed by atoms with Gasteiger partial charge in [-0.1, -0.05) is 0 Å². The van der Waals surface area contributed by atoms with E-state index in [9.17, 15) is 10.1 Å². The first-order chi connectivity index (χ1) is 10.2. The van der Waals surface area contributed by atoms with Gasteiger partial charge < -0.3 is 14.6 Å². The maximum Gasteiger partial charge on any atom is 0.329 e. The van der Waals surface area contributed by atoms with E-state index in [1.807, 2.05) is 11.0 Å². The predicted molar refractivity (Wildman–Crippen MR) is 76.1 cm³/mol. The zero-order valence-corrected chi connectivity index (χ0v) is 11.5. The van der Waals surface area contributed by atoms with Crippen LogP contribution in [0.4, 0.5) is 17.5 Å². The molecule has 8 nitrogen and oxygen atoms in total. The summed E-state index contributed by atoms with van der Waals surface area (Å²) in [6.07, 6.45) is 4.83. The number of nitrogens with zero attached hydrogens (tertiary/aromatic N) is 4. The third-order valence-electron chi connectivity index (χ3n) is 3.34. The average molecular weight is 289 g/mol. The van der Waals surface area contributed by atoms with E-state index in [0.717, 1.165) is 18.6 Å². The Bertz CT molecular complexity index is 639. The van der Waals surface area contributed by atoms with Gasteiger partial charge in [0.05, 0.1) is 17.7 Å². The van der Waals surface area contributed by atoms with Crippen molar-refractivity contribution < 1.29 is 9.34 Å². The van der Waals surface area contributed by atoms with Crippen molar-refractivity contribution in [3.63, 3.8) is 0 Å². The monoisotopic (exact) mass is 289 g/mol. The van der Waals surface area contributed by atoms with E-state index in [4.69, 9.17) is 4.42 Å². The normalized spacial score (nSPS) is 14.0. The Morgan fingerprint density at radius 3 is 2.95 bits per heavy atom. The Morgan fingerprint density at radius 2 is 2.38 bits per heavy atom. The van der Waals surface area contributed by atoms with Gasteiger partial charge in [-0.3, -0.25) is 10.1 Å². The van der Waals surface area contributed by atoms with Crippen LogP contribution in [0.5, 0.6) is 0 Å². The van der Waals surface area contributed by atoms with Crippen LogP contribution in [0.25, 0.3) is 0 Å². The maximum atomic E-state index is 11.2. The van der Waals surface area contributed by atoms with Gasteiger partial charge in [-0.25, -0.2) is 4.98 Å². The molecule has 110 valence electrons. The first-order valence-corrected chi connectivity index (χ1v) is 6.67. The van der Waals surface area contributed by atoms with E-state index in [-0.39, 0.29) is 11.7 Å². The van der Waals surface area contributed by atoms with Crippen molar-refractivity contribution in [3.05, 3.63) is 40.5 Å². The molecule has 0 bridgehead atoms. The van der Waals surface area contributed by atoms with E-state index < -0.39 is 4.92 Å². The number of anilines is 2. The van der Waals surface area contributed by atoms with E-state index in [2.05, 4.69) is 15.3 Å².